The summed E-state index contributed by atoms with van der Waals surface area (Å²) in [6.45, 7) is 5.71. The lowest BCUT2D eigenvalue weighted by molar-refractivity contribution is 0.0745. The molecule has 0 N–H and O–H groups in total. The number of hydrogen-bond donors (Lipinski definition) is 0. The summed E-state index contributed by atoms with van der Waals surface area (Å²) in [6, 6.07) is 7.40. The first-order valence-electron chi connectivity index (χ1n) is 9.94. The van der Waals surface area contributed by atoms with E-state index in [1.165, 1.54) is 0 Å². The van der Waals surface area contributed by atoms with Crippen LogP contribution in [0.25, 0.3) is 0 Å². The van der Waals surface area contributed by atoms with Crippen LogP contribution in [0.2, 0.25) is 0 Å². The molecule has 0 spiro atoms. The smallest absolute Gasteiger partial charge is 0.276 e. The number of likely N-dealkylation sites (tertiary alicyclic amines) is 1. The number of pyridine rings is 1. The topological polar surface area (TPSA) is 96.6 Å². The first kappa shape index (κ1) is 20.0. The van der Waals surface area contributed by atoms with Gasteiger partial charge in [0.15, 0.2) is 15.5 Å². The van der Waals surface area contributed by atoms with Crippen LogP contribution in [-0.2, 0) is 16.4 Å². The van der Waals surface area contributed by atoms with Crippen molar-refractivity contribution in [3.8, 4) is 0 Å². The van der Waals surface area contributed by atoms with Gasteiger partial charge in [-0.3, -0.25) is 14.7 Å². The molecular formula is C20H26N4O4S. The third kappa shape index (κ3) is 4.20. The molecule has 0 unspecified atom stereocenters. The number of fused-ring (bicyclic) bond motifs is 1. The van der Waals surface area contributed by atoms with E-state index in [2.05, 4.69) is 15.0 Å². The summed E-state index contributed by atoms with van der Waals surface area (Å²) >= 11 is 0. The molecule has 1 amide bonds. The number of amides is 1. The molecule has 0 aromatic carbocycles. The molecular weight excluding hydrogens is 392 g/mol. The van der Waals surface area contributed by atoms with Gasteiger partial charge in [0, 0.05) is 44.0 Å². The van der Waals surface area contributed by atoms with E-state index in [-0.39, 0.29) is 23.4 Å². The van der Waals surface area contributed by atoms with Crippen molar-refractivity contribution < 1.29 is 17.7 Å². The molecule has 0 aliphatic carbocycles. The second kappa shape index (κ2) is 7.87. The van der Waals surface area contributed by atoms with Crippen molar-refractivity contribution in [2.24, 2.45) is 0 Å². The summed E-state index contributed by atoms with van der Waals surface area (Å²) in [7, 11) is -3.18. The van der Waals surface area contributed by atoms with E-state index in [4.69, 9.17) is 4.52 Å². The Hall–Kier alpha value is -2.26. The average Bonchev–Trinajstić information content (AvgIpc) is 2.97. The molecule has 0 radical (unpaired) electrons. The second-order valence-corrected chi connectivity index (χ2v) is 10.2. The minimum Gasteiger partial charge on any atom is -0.361 e. The average molecular weight is 419 g/mol. The predicted octanol–water partition coefficient (Wildman–Crippen LogP) is 1.59. The highest BCUT2D eigenvalue weighted by Gasteiger charge is 2.43. The standard InChI is InChI=1S/C20H26N4O4S/c1-14-4-3-5-16(21-14)13-24-10-11-29(26,27)19-7-9-23(8-6-18(19)24)20(25)17-12-15(2)28-22-17/h3-5,12,18-19H,6-11,13H2,1-2H3/t18-,19+/m0/s1. The van der Waals surface area contributed by atoms with Crippen LogP contribution >= 0.6 is 0 Å². The zero-order valence-corrected chi connectivity index (χ0v) is 17.6. The Labute approximate surface area is 170 Å². The fourth-order valence-corrected chi connectivity index (χ4v) is 6.43. The van der Waals surface area contributed by atoms with E-state index < -0.39 is 15.1 Å². The highest BCUT2D eigenvalue weighted by atomic mass is 32.2. The molecule has 4 rings (SSSR count). The van der Waals surface area contributed by atoms with E-state index in [1.807, 2.05) is 25.1 Å². The van der Waals surface area contributed by atoms with Gasteiger partial charge in [0.2, 0.25) is 0 Å². The molecule has 0 saturated carbocycles. The fourth-order valence-electron chi connectivity index (χ4n) is 4.38. The number of carbonyl (C=O) groups is 1. The normalized spacial score (nSPS) is 24.7. The molecule has 2 atom stereocenters. The first-order valence-corrected chi connectivity index (χ1v) is 11.7. The lowest BCUT2D eigenvalue weighted by atomic mass is 10.1. The first-order chi connectivity index (χ1) is 13.8. The van der Waals surface area contributed by atoms with Gasteiger partial charge in [0.1, 0.15) is 5.76 Å². The fraction of sp³-hybridized carbons (Fsp3) is 0.550. The Bertz CT molecular complexity index is 1000. The molecule has 2 saturated heterocycles. The minimum absolute atomic E-state index is 0.118. The number of aryl methyl sites for hydroxylation is 2. The largest absolute Gasteiger partial charge is 0.361 e. The monoisotopic (exact) mass is 418 g/mol. The molecule has 2 aromatic rings. The van der Waals surface area contributed by atoms with E-state index in [1.54, 1.807) is 17.9 Å². The van der Waals surface area contributed by atoms with Crippen molar-refractivity contribution in [1.82, 2.24) is 19.9 Å². The number of carbonyl (C=O) groups excluding carboxylic acids is 1. The lowest BCUT2D eigenvalue weighted by Gasteiger charge is -2.39. The van der Waals surface area contributed by atoms with E-state index in [0.717, 1.165) is 11.4 Å². The molecule has 156 valence electrons. The molecule has 29 heavy (non-hydrogen) atoms. The second-order valence-electron chi connectivity index (χ2n) is 7.91. The number of aromatic nitrogens is 2. The number of nitrogens with zero attached hydrogens (tertiary/aromatic N) is 4. The zero-order chi connectivity index (χ0) is 20.6. The summed E-state index contributed by atoms with van der Waals surface area (Å²) in [5.41, 5.74) is 2.17. The number of sulfone groups is 1. The van der Waals surface area contributed by atoms with Crippen LogP contribution in [0.5, 0.6) is 0 Å². The minimum atomic E-state index is -3.18. The Morgan fingerprint density at radius 3 is 2.72 bits per heavy atom. The van der Waals surface area contributed by atoms with E-state index in [9.17, 15) is 13.2 Å². The van der Waals surface area contributed by atoms with E-state index in [0.29, 0.717) is 44.8 Å². The highest BCUT2D eigenvalue weighted by Crippen LogP contribution is 2.29. The molecule has 0 bridgehead atoms. The van der Waals surface area contributed by atoms with Gasteiger partial charge < -0.3 is 9.42 Å². The van der Waals surface area contributed by atoms with Crippen LogP contribution < -0.4 is 0 Å². The number of hydrogen-bond acceptors (Lipinski definition) is 7. The SMILES string of the molecule is Cc1cccc(CN2CCS(=O)(=O)[C@@H]3CCN(C(=O)c4cc(C)on4)CC[C@@H]32)n1. The third-order valence-electron chi connectivity index (χ3n) is 5.85. The maximum atomic E-state index is 12.8. The molecule has 2 aliphatic rings. The summed E-state index contributed by atoms with van der Waals surface area (Å²) in [5.74, 6) is 0.525. The molecule has 2 aromatic heterocycles. The summed E-state index contributed by atoms with van der Waals surface area (Å²) in [6.07, 6.45) is 1.05. The van der Waals surface area contributed by atoms with Crippen molar-refractivity contribution in [2.45, 2.75) is 44.5 Å². The van der Waals surface area contributed by atoms with Crippen molar-refractivity contribution in [3.05, 3.63) is 47.1 Å². The van der Waals surface area contributed by atoms with Crippen LogP contribution in [0.4, 0.5) is 0 Å². The Kier molecular flexibility index (Phi) is 5.44. The van der Waals surface area contributed by atoms with E-state index >= 15 is 0 Å². The van der Waals surface area contributed by atoms with Crippen molar-refractivity contribution >= 4 is 15.7 Å². The van der Waals surface area contributed by atoms with Crippen molar-refractivity contribution in [1.29, 1.82) is 0 Å². The van der Waals surface area contributed by atoms with Gasteiger partial charge in [-0.1, -0.05) is 11.2 Å². The van der Waals surface area contributed by atoms with Gasteiger partial charge in [0.25, 0.3) is 5.91 Å². The van der Waals surface area contributed by atoms with Crippen molar-refractivity contribution in [2.75, 3.05) is 25.4 Å². The van der Waals surface area contributed by atoms with Gasteiger partial charge in [-0.25, -0.2) is 8.42 Å². The van der Waals surface area contributed by atoms with Gasteiger partial charge in [-0.15, -0.1) is 0 Å². The summed E-state index contributed by atoms with van der Waals surface area (Å²) in [4.78, 5) is 21.3. The van der Waals surface area contributed by atoms with Crippen LogP contribution in [0.15, 0.2) is 28.8 Å². The van der Waals surface area contributed by atoms with Crippen LogP contribution in [0, 0.1) is 13.8 Å². The van der Waals surface area contributed by atoms with Gasteiger partial charge in [-0.05, 0) is 38.8 Å². The van der Waals surface area contributed by atoms with Crippen LogP contribution in [0.1, 0.15) is 40.5 Å². The van der Waals surface area contributed by atoms with Gasteiger partial charge in [-0.2, -0.15) is 0 Å². The Morgan fingerprint density at radius 1 is 1.21 bits per heavy atom. The molecule has 4 heterocycles. The Balaban J connectivity index is 1.54. The molecule has 8 nitrogen and oxygen atoms in total. The highest BCUT2D eigenvalue weighted by molar-refractivity contribution is 7.92. The van der Waals surface area contributed by atoms with Crippen LogP contribution in [-0.4, -0.2) is 70.9 Å². The number of rotatable bonds is 3. The van der Waals surface area contributed by atoms with Crippen molar-refractivity contribution in [3.63, 3.8) is 0 Å². The van der Waals surface area contributed by atoms with Crippen LogP contribution in [0.3, 0.4) is 0 Å². The predicted molar refractivity (Wildman–Crippen MR) is 107 cm³/mol. The quantitative estimate of drug-likeness (QED) is 0.747. The molecule has 9 heteroatoms. The maximum absolute atomic E-state index is 12.8. The Morgan fingerprint density at radius 2 is 2.00 bits per heavy atom. The molecule has 2 fully saturated rings. The molecule has 2 aliphatic heterocycles. The zero-order valence-electron chi connectivity index (χ0n) is 16.7. The summed E-state index contributed by atoms with van der Waals surface area (Å²) in [5, 5.41) is 3.36. The maximum Gasteiger partial charge on any atom is 0.276 e. The lowest BCUT2D eigenvalue weighted by Crippen LogP contribution is -2.54. The third-order valence-corrected chi connectivity index (χ3v) is 8.07. The summed E-state index contributed by atoms with van der Waals surface area (Å²) < 4.78 is 30.6. The van der Waals surface area contributed by atoms with Gasteiger partial charge >= 0.3 is 0 Å². The van der Waals surface area contributed by atoms with Gasteiger partial charge in [0.05, 0.1) is 16.7 Å².